The Morgan fingerprint density at radius 3 is 0.516 bits per heavy atom. The van der Waals surface area contributed by atoms with Crippen molar-refractivity contribution in [3.63, 3.8) is 0 Å². The summed E-state index contributed by atoms with van der Waals surface area (Å²) in [6, 6.07) is 0. The summed E-state index contributed by atoms with van der Waals surface area (Å²) in [7, 11) is 0. The molecule has 0 bridgehead atoms. The van der Waals surface area contributed by atoms with Gasteiger partial charge in [-0.2, -0.15) is 0 Å². The van der Waals surface area contributed by atoms with Gasteiger partial charge in [0, 0.05) is 0 Å². The van der Waals surface area contributed by atoms with Gasteiger partial charge in [0.05, 0.1) is 0 Å². The second-order valence-corrected chi connectivity index (χ2v) is 2.05. The van der Waals surface area contributed by atoms with Crippen LogP contribution in [-0.2, 0) is 0 Å². The summed E-state index contributed by atoms with van der Waals surface area (Å²) >= 11 is 0. The molecule has 0 aromatic heterocycles. The maximum atomic E-state index is 3.00. The highest BCUT2D eigenvalue weighted by molar-refractivity contribution is 4.98. The molecule has 0 saturated carbocycles. The van der Waals surface area contributed by atoms with Crippen LogP contribution in [0, 0.1) is 0 Å². The van der Waals surface area contributed by atoms with E-state index < -0.39 is 0 Å². The lowest BCUT2D eigenvalue weighted by molar-refractivity contribution is 0.886. The lowest BCUT2D eigenvalue weighted by Gasteiger charge is -1.68. The first-order valence-electron chi connectivity index (χ1n) is 13.6. The van der Waals surface area contributed by atoms with Gasteiger partial charge in [0.2, 0.25) is 0 Å². The lowest BCUT2D eigenvalue weighted by Crippen LogP contribution is -1.47. The Balaban J connectivity index is -0.0000000107. The fraction of sp³-hybridized carbons (Fsp3) is 0.806. The highest BCUT2D eigenvalue weighted by atomic mass is 13.6. The van der Waals surface area contributed by atoms with Gasteiger partial charge >= 0.3 is 0 Å². The SMILES string of the molecule is C.C/C=C/C=C/C.C=C.CC.CC.CC.CC.CC.CC.CC.CC.CC.CCCC. The van der Waals surface area contributed by atoms with E-state index >= 15 is 0 Å². The third kappa shape index (κ3) is 2090. The van der Waals surface area contributed by atoms with E-state index in [4.69, 9.17) is 0 Å². The highest BCUT2D eigenvalue weighted by Crippen LogP contribution is 1.76. The molecule has 0 aliphatic heterocycles. The molecule has 0 heterocycles. The Labute approximate surface area is 210 Å². The third-order valence-corrected chi connectivity index (χ3v) is 0.996. The Bertz CT molecular complexity index is 76.2. The molecule has 0 aliphatic rings. The standard InChI is InChI=1S/C6H10.C4H10.9C2H6.C2H4.CH4/c1-3-5-6-4-2;1-3-4-2;10*1-2;/h3-6H,1-2H3;3-4H2,1-2H3;9*1-2H3;1-2H2;1H4/b5-3+,6-4+;;;;;;;;;;;;. The molecule has 0 rings (SSSR count). The lowest BCUT2D eigenvalue weighted by atomic mass is 10.4. The second-order valence-electron chi connectivity index (χ2n) is 2.05. The van der Waals surface area contributed by atoms with Crippen molar-refractivity contribution in [2.45, 2.75) is 173 Å². The molecule has 0 N–H and O–H groups in total. The van der Waals surface area contributed by atoms with Crippen LogP contribution in [0.4, 0.5) is 0 Å². The normalized spacial score (nSPS) is 5.10. The van der Waals surface area contributed by atoms with Gasteiger partial charge in [-0.1, -0.05) is 183 Å². The van der Waals surface area contributed by atoms with E-state index in [1.807, 2.05) is 163 Å². The largest absolute Gasteiger partial charge is 0.106 e. The van der Waals surface area contributed by atoms with Crippen molar-refractivity contribution >= 4 is 0 Å². The Morgan fingerprint density at radius 1 is 0.387 bits per heavy atom. The number of hydrogen-bond acceptors (Lipinski definition) is 0. The molecule has 0 amide bonds. The topological polar surface area (TPSA) is 0 Å². The molecule has 0 radical (unpaired) electrons. The quantitative estimate of drug-likeness (QED) is 0.287. The molecule has 0 atom stereocenters. The van der Waals surface area contributed by atoms with Crippen LogP contribution in [0.3, 0.4) is 0 Å². The zero-order valence-corrected chi connectivity index (χ0v) is 27.1. The number of unbranched alkanes of at least 4 members (excludes halogenated alkanes) is 1. The molecule has 0 aromatic carbocycles. The van der Waals surface area contributed by atoms with Crippen molar-refractivity contribution in [2.75, 3.05) is 0 Å². The van der Waals surface area contributed by atoms with Crippen LogP contribution in [0.25, 0.3) is 0 Å². The van der Waals surface area contributed by atoms with Crippen LogP contribution in [0.1, 0.15) is 173 Å². The number of allylic oxidation sites excluding steroid dienone is 4. The molecule has 31 heavy (non-hydrogen) atoms. The predicted octanol–water partition coefficient (Wildman–Crippen LogP) is 14.6. The van der Waals surface area contributed by atoms with E-state index in [0.29, 0.717) is 0 Å². The van der Waals surface area contributed by atoms with Crippen LogP contribution < -0.4 is 0 Å². The summed E-state index contributed by atoms with van der Waals surface area (Å²) in [5.74, 6) is 0. The first-order chi connectivity index (χ1) is 14.8. The average molecular weight is 455 g/mol. The minimum Gasteiger partial charge on any atom is -0.106 e. The maximum Gasteiger partial charge on any atom is -0.0467 e. The summed E-state index contributed by atoms with van der Waals surface area (Å²) in [6.07, 6.45) is 10.6. The van der Waals surface area contributed by atoms with Crippen molar-refractivity contribution in [2.24, 2.45) is 0 Å². The molecule has 0 aromatic rings. The van der Waals surface area contributed by atoms with Gasteiger partial charge in [-0.3, -0.25) is 0 Å². The molecule has 0 aliphatic carbocycles. The zero-order chi connectivity index (χ0) is 28.2. The fourth-order valence-electron chi connectivity index (χ4n) is 0.222. The first kappa shape index (κ1) is 87.0. The number of hydrogen-bond donors (Lipinski definition) is 0. The van der Waals surface area contributed by atoms with Crippen LogP contribution >= 0.6 is 0 Å². The number of rotatable bonds is 2. The van der Waals surface area contributed by atoms with Crippen molar-refractivity contribution in [1.29, 1.82) is 0 Å². The Kier molecular flexibility index (Phi) is 2400. The van der Waals surface area contributed by atoms with Crippen LogP contribution in [0.15, 0.2) is 37.5 Å². The molecule has 0 fully saturated rings. The summed E-state index contributed by atoms with van der Waals surface area (Å²) in [6.45, 7) is 50.4. The molecular weight excluding hydrogens is 372 g/mol. The maximum absolute atomic E-state index is 3.00. The molecule has 0 saturated heterocycles. The Hall–Kier alpha value is -0.780. The summed E-state index contributed by atoms with van der Waals surface area (Å²) in [5, 5.41) is 0. The fourth-order valence-corrected chi connectivity index (χ4v) is 0.222. The van der Waals surface area contributed by atoms with E-state index in [1.54, 1.807) is 0 Å². The molecule has 206 valence electrons. The first-order valence-corrected chi connectivity index (χ1v) is 13.6. The second kappa shape index (κ2) is 854. The summed E-state index contributed by atoms with van der Waals surface area (Å²) < 4.78 is 0. The van der Waals surface area contributed by atoms with E-state index in [2.05, 4.69) is 27.0 Å². The minimum atomic E-state index is 0. The van der Waals surface area contributed by atoms with Gasteiger partial charge in [0.25, 0.3) is 0 Å². The highest BCUT2D eigenvalue weighted by Gasteiger charge is 1.56. The van der Waals surface area contributed by atoms with Crippen molar-refractivity contribution < 1.29 is 0 Å². The van der Waals surface area contributed by atoms with Gasteiger partial charge in [-0.05, 0) is 13.8 Å². The van der Waals surface area contributed by atoms with Gasteiger partial charge in [-0.15, -0.1) is 13.2 Å². The van der Waals surface area contributed by atoms with Crippen molar-refractivity contribution in [3.05, 3.63) is 37.5 Å². The van der Waals surface area contributed by atoms with E-state index in [0.717, 1.165) is 0 Å². The summed E-state index contributed by atoms with van der Waals surface area (Å²) in [5.41, 5.74) is 0. The molecule has 0 heteroatoms. The van der Waals surface area contributed by atoms with E-state index in [-0.39, 0.29) is 7.43 Å². The van der Waals surface area contributed by atoms with Crippen LogP contribution in [0.2, 0.25) is 0 Å². The minimum absolute atomic E-state index is 0. The van der Waals surface area contributed by atoms with Crippen LogP contribution in [-0.4, -0.2) is 0 Å². The van der Waals surface area contributed by atoms with Crippen LogP contribution in [0.5, 0.6) is 0 Å². The zero-order valence-electron chi connectivity index (χ0n) is 27.1. The van der Waals surface area contributed by atoms with Crippen molar-refractivity contribution in [3.8, 4) is 0 Å². The average Bonchev–Trinajstić information content (AvgIpc) is 2.94. The van der Waals surface area contributed by atoms with Gasteiger partial charge in [0.1, 0.15) is 0 Å². The van der Waals surface area contributed by atoms with Gasteiger partial charge in [0.15, 0.2) is 0 Å². The van der Waals surface area contributed by atoms with Gasteiger partial charge < -0.3 is 0 Å². The summed E-state index contributed by atoms with van der Waals surface area (Å²) in [4.78, 5) is 0. The van der Waals surface area contributed by atoms with Crippen molar-refractivity contribution in [1.82, 2.24) is 0 Å². The third-order valence-electron chi connectivity index (χ3n) is 0.996. The molecular formula is C31H82. The Morgan fingerprint density at radius 2 is 0.484 bits per heavy atom. The smallest absolute Gasteiger partial charge is 0.0467 e. The predicted molar refractivity (Wildman–Crippen MR) is 170 cm³/mol. The molecule has 0 unspecified atom stereocenters. The van der Waals surface area contributed by atoms with Gasteiger partial charge in [-0.25, -0.2) is 0 Å². The molecule has 0 nitrogen and oxygen atoms in total. The van der Waals surface area contributed by atoms with E-state index in [1.165, 1.54) is 12.8 Å². The molecule has 0 spiro atoms. The monoisotopic (exact) mass is 455 g/mol. The van der Waals surface area contributed by atoms with E-state index in [9.17, 15) is 0 Å².